The molecule has 0 fully saturated rings. The Morgan fingerprint density at radius 2 is 2.23 bits per heavy atom. The van der Waals surface area contributed by atoms with Crippen LogP contribution in [0.2, 0.25) is 0 Å². The van der Waals surface area contributed by atoms with Gasteiger partial charge in [0.25, 0.3) is 5.91 Å². The van der Waals surface area contributed by atoms with Crippen LogP contribution in [0.3, 0.4) is 0 Å². The van der Waals surface area contributed by atoms with Crippen LogP contribution in [0.15, 0.2) is 30.0 Å². The van der Waals surface area contributed by atoms with Crippen molar-refractivity contribution in [1.82, 2.24) is 10.3 Å². The van der Waals surface area contributed by atoms with Gasteiger partial charge < -0.3 is 10.6 Å². The second-order valence-corrected chi connectivity index (χ2v) is 5.82. The van der Waals surface area contributed by atoms with Crippen LogP contribution in [0.5, 0.6) is 0 Å². The summed E-state index contributed by atoms with van der Waals surface area (Å²) in [7, 11) is 0. The maximum absolute atomic E-state index is 12.0. The number of rotatable bonds is 8. The summed E-state index contributed by atoms with van der Waals surface area (Å²) < 4.78 is 0. The second kappa shape index (κ2) is 9.23. The zero-order valence-electron chi connectivity index (χ0n) is 13.5. The van der Waals surface area contributed by atoms with Crippen LogP contribution < -0.4 is 10.6 Å². The summed E-state index contributed by atoms with van der Waals surface area (Å²) in [6.45, 7) is 3.72. The Hall–Kier alpha value is -1.84. The molecule has 4 heteroatoms. The first-order valence-electron chi connectivity index (χ1n) is 8.45. The van der Waals surface area contributed by atoms with Gasteiger partial charge in [0, 0.05) is 24.8 Å². The zero-order chi connectivity index (χ0) is 15.6. The molecule has 0 radical (unpaired) electrons. The van der Waals surface area contributed by atoms with Crippen LogP contribution in [0.1, 0.15) is 62.2 Å². The van der Waals surface area contributed by atoms with E-state index in [1.807, 2.05) is 6.07 Å². The molecule has 1 aromatic heterocycles. The van der Waals surface area contributed by atoms with E-state index < -0.39 is 0 Å². The van der Waals surface area contributed by atoms with Gasteiger partial charge in [-0.1, -0.05) is 25.0 Å². The molecular weight excluding hydrogens is 274 g/mol. The highest BCUT2D eigenvalue weighted by molar-refractivity contribution is 5.94. The molecule has 1 aromatic rings. The van der Waals surface area contributed by atoms with Crippen LogP contribution in [-0.2, 0) is 0 Å². The number of hydrogen-bond donors (Lipinski definition) is 2. The summed E-state index contributed by atoms with van der Waals surface area (Å²) in [5, 5.41) is 6.25. The molecule has 0 saturated heterocycles. The third kappa shape index (κ3) is 5.51. The average molecular weight is 301 g/mol. The highest BCUT2D eigenvalue weighted by Gasteiger charge is 2.07. The fraction of sp³-hybridized carbons (Fsp3) is 0.556. The fourth-order valence-electron chi connectivity index (χ4n) is 2.63. The summed E-state index contributed by atoms with van der Waals surface area (Å²) in [5.74, 6) is 0.758. The van der Waals surface area contributed by atoms with Gasteiger partial charge in [-0.05, 0) is 50.7 Å². The van der Waals surface area contributed by atoms with E-state index in [1.54, 1.807) is 17.8 Å². The lowest BCUT2D eigenvalue weighted by Gasteiger charge is -2.13. The van der Waals surface area contributed by atoms with Crippen molar-refractivity contribution < 1.29 is 4.79 Å². The van der Waals surface area contributed by atoms with Crippen molar-refractivity contribution in [1.29, 1.82) is 0 Å². The molecule has 0 aromatic carbocycles. The van der Waals surface area contributed by atoms with Gasteiger partial charge in [-0.3, -0.25) is 4.79 Å². The fourth-order valence-corrected chi connectivity index (χ4v) is 2.63. The van der Waals surface area contributed by atoms with Gasteiger partial charge >= 0.3 is 0 Å². The third-order valence-corrected chi connectivity index (χ3v) is 3.98. The molecule has 120 valence electrons. The van der Waals surface area contributed by atoms with Gasteiger partial charge in [-0.25, -0.2) is 4.98 Å². The highest BCUT2D eigenvalue weighted by atomic mass is 16.1. The Bertz CT molecular complexity index is 511. The van der Waals surface area contributed by atoms with Crippen LogP contribution in [0, 0.1) is 0 Å². The van der Waals surface area contributed by atoms with E-state index in [1.165, 1.54) is 25.7 Å². The van der Waals surface area contributed by atoms with Gasteiger partial charge in [-0.15, -0.1) is 0 Å². The smallest absolute Gasteiger partial charge is 0.251 e. The third-order valence-electron chi connectivity index (χ3n) is 3.98. The monoisotopic (exact) mass is 301 g/mol. The van der Waals surface area contributed by atoms with E-state index >= 15 is 0 Å². The van der Waals surface area contributed by atoms with Gasteiger partial charge in [-0.2, -0.15) is 0 Å². The standard InChI is InChI=1S/C18H27N3O/c1-2-3-11-21-18(22)16-10-13-20-17(14-16)19-12-9-15-7-5-4-6-8-15/h7,10,13-14H,2-6,8-9,11-12H2,1H3,(H,19,20)(H,21,22). The van der Waals surface area contributed by atoms with Gasteiger partial charge in [0.05, 0.1) is 0 Å². The summed E-state index contributed by atoms with van der Waals surface area (Å²) in [6.07, 6.45) is 12.3. The van der Waals surface area contributed by atoms with Crippen molar-refractivity contribution in [2.24, 2.45) is 0 Å². The quantitative estimate of drug-likeness (QED) is 0.565. The summed E-state index contributed by atoms with van der Waals surface area (Å²) >= 11 is 0. The van der Waals surface area contributed by atoms with Crippen molar-refractivity contribution in [3.63, 3.8) is 0 Å². The number of hydrogen-bond acceptors (Lipinski definition) is 3. The van der Waals surface area contributed by atoms with Crippen LogP contribution in [0.25, 0.3) is 0 Å². The van der Waals surface area contributed by atoms with Crippen LogP contribution in [0.4, 0.5) is 5.82 Å². The molecule has 2 rings (SSSR count). The predicted molar refractivity (Wildman–Crippen MR) is 91.1 cm³/mol. The Morgan fingerprint density at radius 3 is 3.00 bits per heavy atom. The van der Waals surface area contributed by atoms with Gasteiger partial charge in [0.2, 0.25) is 0 Å². The van der Waals surface area contributed by atoms with E-state index in [-0.39, 0.29) is 5.91 Å². The Morgan fingerprint density at radius 1 is 1.32 bits per heavy atom. The summed E-state index contributed by atoms with van der Waals surface area (Å²) in [4.78, 5) is 16.3. The first-order valence-corrected chi connectivity index (χ1v) is 8.45. The lowest BCUT2D eigenvalue weighted by Crippen LogP contribution is -2.24. The SMILES string of the molecule is CCCCNC(=O)c1ccnc(NCCC2=CCCCC2)c1. The average Bonchev–Trinajstić information content (AvgIpc) is 2.56. The number of unbranched alkanes of at least 4 members (excludes halogenated alkanes) is 1. The molecule has 0 bridgehead atoms. The minimum absolute atomic E-state index is 0.0195. The van der Waals surface area contributed by atoms with Crippen LogP contribution in [-0.4, -0.2) is 24.0 Å². The molecule has 1 heterocycles. The molecule has 0 aliphatic heterocycles. The lowest BCUT2D eigenvalue weighted by atomic mass is 9.97. The maximum Gasteiger partial charge on any atom is 0.251 e. The molecule has 0 unspecified atom stereocenters. The Labute approximate surface area is 133 Å². The minimum atomic E-state index is -0.0195. The van der Waals surface area contributed by atoms with Crippen molar-refractivity contribution in [3.8, 4) is 0 Å². The van der Waals surface area contributed by atoms with Crippen molar-refractivity contribution in [3.05, 3.63) is 35.5 Å². The number of nitrogens with one attached hydrogen (secondary N) is 2. The van der Waals surface area contributed by atoms with E-state index in [9.17, 15) is 4.79 Å². The Kier molecular flexibility index (Phi) is 6.94. The van der Waals surface area contributed by atoms with Crippen molar-refractivity contribution in [2.75, 3.05) is 18.4 Å². The van der Waals surface area contributed by atoms with E-state index in [2.05, 4.69) is 28.6 Å². The molecule has 0 atom stereocenters. The van der Waals surface area contributed by atoms with E-state index in [0.717, 1.165) is 38.2 Å². The number of nitrogens with zero attached hydrogens (tertiary/aromatic N) is 1. The molecule has 0 spiro atoms. The molecule has 4 nitrogen and oxygen atoms in total. The highest BCUT2D eigenvalue weighted by Crippen LogP contribution is 2.20. The number of carbonyl (C=O) groups excluding carboxylic acids is 1. The van der Waals surface area contributed by atoms with Gasteiger partial charge in [0.15, 0.2) is 0 Å². The molecule has 1 amide bonds. The number of aromatic nitrogens is 1. The molecular formula is C18H27N3O. The molecule has 1 aliphatic rings. The summed E-state index contributed by atoms with van der Waals surface area (Å²) in [5.41, 5.74) is 2.22. The van der Waals surface area contributed by atoms with E-state index in [0.29, 0.717) is 5.56 Å². The lowest BCUT2D eigenvalue weighted by molar-refractivity contribution is 0.0953. The zero-order valence-corrected chi connectivity index (χ0v) is 13.5. The largest absolute Gasteiger partial charge is 0.370 e. The number of pyridine rings is 1. The topological polar surface area (TPSA) is 54.0 Å². The number of allylic oxidation sites excluding steroid dienone is 1. The maximum atomic E-state index is 12.0. The Balaban J connectivity index is 1.80. The molecule has 0 saturated carbocycles. The normalized spacial score (nSPS) is 14.3. The first-order chi connectivity index (χ1) is 10.8. The number of amides is 1. The molecule has 22 heavy (non-hydrogen) atoms. The number of anilines is 1. The minimum Gasteiger partial charge on any atom is -0.370 e. The second-order valence-electron chi connectivity index (χ2n) is 5.82. The number of carbonyl (C=O) groups is 1. The molecule has 2 N–H and O–H groups in total. The predicted octanol–water partition coefficient (Wildman–Crippen LogP) is 3.91. The van der Waals surface area contributed by atoms with Gasteiger partial charge in [0.1, 0.15) is 5.82 Å². The van der Waals surface area contributed by atoms with Crippen molar-refractivity contribution >= 4 is 11.7 Å². The summed E-state index contributed by atoms with van der Waals surface area (Å²) in [6, 6.07) is 3.59. The molecule has 1 aliphatic carbocycles. The first kappa shape index (κ1) is 16.5. The van der Waals surface area contributed by atoms with Crippen LogP contribution >= 0.6 is 0 Å². The van der Waals surface area contributed by atoms with E-state index in [4.69, 9.17) is 0 Å². The van der Waals surface area contributed by atoms with Crippen molar-refractivity contribution in [2.45, 2.75) is 51.9 Å².